The van der Waals surface area contributed by atoms with Crippen LogP contribution in [0.1, 0.15) is 44.6 Å². The molecule has 1 fully saturated rings. The van der Waals surface area contributed by atoms with E-state index in [-0.39, 0.29) is 6.42 Å². The van der Waals surface area contributed by atoms with Crippen molar-refractivity contribution in [3.8, 4) is 11.5 Å². The Bertz CT molecular complexity index is 945. The molecule has 1 aliphatic carbocycles. The van der Waals surface area contributed by atoms with Crippen molar-refractivity contribution >= 4 is 23.7 Å². The molecule has 1 atom stereocenters. The van der Waals surface area contributed by atoms with E-state index in [1.807, 2.05) is 12.1 Å². The molecular weight excluding hydrogens is 470 g/mol. The van der Waals surface area contributed by atoms with Gasteiger partial charge in [0.1, 0.15) is 12.4 Å². The van der Waals surface area contributed by atoms with Gasteiger partial charge >= 0.3 is 12.1 Å². The van der Waals surface area contributed by atoms with Crippen molar-refractivity contribution in [1.82, 2.24) is 4.90 Å². The van der Waals surface area contributed by atoms with Crippen molar-refractivity contribution < 1.29 is 28.9 Å². The maximum absolute atomic E-state index is 12.9. The second kappa shape index (κ2) is 14.0. The maximum Gasteiger partial charge on any atom is 0.415 e. The molecule has 8 heteroatoms. The number of benzene rings is 2. The Labute approximate surface area is 211 Å². The number of amides is 1. The number of ether oxygens (including phenoxy) is 3. The Kier molecular flexibility index (Phi) is 10.7. The SMILES string of the molecule is CCOC(Cc1ccc(OCCN(CCC2CCCC2)C(=O)Oc2ccccc2Cl)cc1)C(=O)O. The first kappa shape index (κ1) is 26.8. The molecule has 190 valence electrons. The van der Waals surface area contributed by atoms with Gasteiger partial charge in [-0.15, -0.1) is 0 Å². The van der Waals surface area contributed by atoms with Gasteiger partial charge in [0, 0.05) is 19.6 Å². The minimum absolute atomic E-state index is 0.284. The molecule has 0 radical (unpaired) electrons. The van der Waals surface area contributed by atoms with E-state index in [1.165, 1.54) is 25.7 Å². The number of carboxylic acid groups (broad SMARTS) is 1. The van der Waals surface area contributed by atoms with Crippen molar-refractivity contribution in [2.75, 3.05) is 26.3 Å². The Balaban J connectivity index is 1.54. The minimum atomic E-state index is -0.978. The highest BCUT2D eigenvalue weighted by Gasteiger charge is 2.21. The lowest BCUT2D eigenvalue weighted by Crippen LogP contribution is -2.38. The molecule has 1 amide bonds. The summed E-state index contributed by atoms with van der Waals surface area (Å²) in [5, 5.41) is 9.65. The van der Waals surface area contributed by atoms with Gasteiger partial charge in [0.05, 0.1) is 11.6 Å². The van der Waals surface area contributed by atoms with Crippen LogP contribution in [0, 0.1) is 5.92 Å². The standard InChI is InChI=1S/C27H34ClNO6/c1-2-33-25(26(30)31)19-21-11-13-22(14-12-21)34-18-17-29(16-15-20-7-3-4-8-20)27(32)35-24-10-6-5-9-23(24)28/h5-6,9-14,20,25H,2-4,7-8,15-19H2,1H3,(H,30,31). The summed E-state index contributed by atoms with van der Waals surface area (Å²) in [6, 6.07) is 14.2. The Morgan fingerprint density at radius 3 is 2.46 bits per heavy atom. The first-order valence-corrected chi connectivity index (χ1v) is 12.6. The Hall–Kier alpha value is -2.77. The summed E-state index contributed by atoms with van der Waals surface area (Å²) in [5.74, 6) is 0.652. The fourth-order valence-corrected chi connectivity index (χ4v) is 4.42. The third-order valence-corrected chi connectivity index (χ3v) is 6.50. The summed E-state index contributed by atoms with van der Waals surface area (Å²) in [5.41, 5.74) is 0.847. The van der Waals surface area contributed by atoms with Crippen LogP contribution in [0.25, 0.3) is 0 Å². The molecule has 2 aromatic carbocycles. The minimum Gasteiger partial charge on any atom is -0.492 e. The number of halogens is 1. The normalized spacial score (nSPS) is 14.5. The summed E-state index contributed by atoms with van der Waals surface area (Å²) >= 11 is 6.16. The molecule has 0 saturated heterocycles. The van der Waals surface area contributed by atoms with E-state index >= 15 is 0 Å². The van der Waals surface area contributed by atoms with Crippen LogP contribution in [-0.4, -0.2) is 54.5 Å². The Morgan fingerprint density at radius 1 is 1.09 bits per heavy atom. The molecular formula is C27H34ClNO6. The average molecular weight is 504 g/mol. The molecule has 0 heterocycles. The van der Waals surface area contributed by atoms with Gasteiger partial charge in [0.15, 0.2) is 11.9 Å². The summed E-state index contributed by atoms with van der Waals surface area (Å²) in [6.07, 6.45) is 4.85. The number of hydrogen-bond acceptors (Lipinski definition) is 5. The van der Waals surface area contributed by atoms with Gasteiger partial charge in [0.2, 0.25) is 0 Å². The number of carbonyl (C=O) groups is 2. The van der Waals surface area contributed by atoms with Gasteiger partial charge in [-0.2, -0.15) is 0 Å². The second-order valence-electron chi connectivity index (χ2n) is 8.70. The van der Waals surface area contributed by atoms with Crippen molar-refractivity contribution in [1.29, 1.82) is 0 Å². The summed E-state index contributed by atoms with van der Waals surface area (Å²) < 4.78 is 16.7. The highest BCUT2D eigenvalue weighted by atomic mass is 35.5. The smallest absolute Gasteiger partial charge is 0.415 e. The average Bonchev–Trinajstić information content (AvgIpc) is 3.37. The van der Waals surface area contributed by atoms with Crippen LogP contribution in [0.15, 0.2) is 48.5 Å². The van der Waals surface area contributed by atoms with Crippen LogP contribution in [0.3, 0.4) is 0 Å². The number of para-hydroxylation sites is 1. The second-order valence-corrected chi connectivity index (χ2v) is 9.11. The van der Waals surface area contributed by atoms with Gasteiger partial charge in [0.25, 0.3) is 0 Å². The molecule has 0 aromatic heterocycles. The number of hydrogen-bond donors (Lipinski definition) is 1. The summed E-state index contributed by atoms with van der Waals surface area (Å²) in [7, 11) is 0. The van der Waals surface area contributed by atoms with Gasteiger partial charge < -0.3 is 24.2 Å². The van der Waals surface area contributed by atoms with Crippen LogP contribution in [0.4, 0.5) is 4.79 Å². The highest BCUT2D eigenvalue weighted by Crippen LogP contribution is 2.28. The van der Waals surface area contributed by atoms with E-state index in [0.717, 1.165) is 12.0 Å². The van der Waals surface area contributed by atoms with E-state index in [2.05, 4.69) is 0 Å². The van der Waals surface area contributed by atoms with Gasteiger partial charge in [-0.25, -0.2) is 9.59 Å². The lowest BCUT2D eigenvalue weighted by Gasteiger charge is -2.24. The first-order valence-electron chi connectivity index (χ1n) is 12.2. The quantitative estimate of drug-likeness (QED) is 0.370. The fourth-order valence-electron chi connectivity index (χ4n) is 4.25. The predicted octanol–water partition coefficient (Wildman–Crippen LogP) is 5.83. The molecule has 2 aromatic rings. The van der Waals surface area contributed by atoms with E-state index in [4.69, 9.17) is 25.8 Å². The molecule has 1 unspecified atom stereocenters. The molecule has 7 nitrogen and oxygen atoms in total. The van der Waals surface area contributed by atoms with E-state index < -0.39 is 18.2 Å². The molecule has 0 bridgehead atoms. The Morgan fingerprint density at radius 2 is 1.80 bits per heavy atom. The van der Waals surface area contributed by atoms with Gasteiger partial charge in [-0.3, -0.25) is 0 Å². The number of aliphatic carboxylic acids is 1. The largest absolute Gasteiger partial charge is 0.492 e. The lowest BCUT2D eigenvalue weighted by atomic mass is 10.0. The molecule has 0 aliphatic heterocycles. The van der Waals surface area contributed by atoms with E-state index in [9.17, 15) is 14.7 Å². The van der Waals surface area contributed by atoms with Gasteiger partial charge in [-0.05, 0) is 49.1 Å². The number of carboxylic acids is 1. The first-order chi connectivity index (χ1) is 17.0. The highest BCUT2D eigenvalue weighted by molar-refractivity contribution is 6.32. The molecule has 35 heavy (non-hydrogen) atoms. The fraction of sp³-hybridized carbons (Fsp3) is 0.481. The number of rotatable bonds is 13. The molecule has 3 rings (SSSR count). The van der Waals surface area contributed by atoms with Crippen LogP contribution < -0.4 is 9.47 Å². The van der Waals surface area contributed by atoms with E-state index in [0.29, 0.717) is 48.7 Å². The zero-order chi connectivity index (χ0) is 25.0. The third-order valence-electron chi connectivity index (χ3n) is 6.19. The molecule has 1 N–H and O–H groups in total. The van der Waals surface area contributed by atoms with Crippen LogP contribution in [0.2, 0.25) is 5.02 Å². The van der Waals surface area contributed by atoms with Gasteiger partial charge in [-0.1, -0.05) is 61.5 Å². The number of carbonyl (C=O) groups excluding carboxylic acids is 1. The zero-order valence-corrected chi connectivity index (χ0v) is 20.9. The zero-order valence-electron chi connectivity index (χ0n) is 20.2. The van der Waals surface area contributed by atoms with Crippen LogP contribution in [-0.2, 0) is 16.0 Å². The molecule has 0 spiro atoms. The lowest BCUT2D eigenvalue weighted by molar-refractivity contribution is -0.149. The van der Waals surface area contributed by atoms with Crippen LogP contribution >= 0.6 is 11.6 Å². The van der Waals surface area contributed by atoms with Crippen LogP contribution in [0.5, 0.6) is 11.5 Å². The van der Waals surface area contributed by atoms with Crippen molar-refractivity contribution in [2.45, 2.75) is 51.6 Å². The van der Waals surface area contributed by atoms with Crippen molar-refractivity contribution in [3.63, 3.8) is 0 Å². The predicted molar refractivity (Wildman–Crippen MR) is 134 cm³/mol. The van der Waals surface area contributed by atoms with Crippen molar-refractivity contribution in [3.05, 3.63) is 59.1 Å². The molecule has 1 saturated carbocycles. The maximum atomic E-state index is 12.9. The summed E-state index contributed by atoms with van der Waals surface area (Å²) in [6.45, 7) is 3.40. The number of nitrogens with zero attached hydrogens (tertiary/aromatic N) is 1. The third kappa shape index (κ3) is 8.75. The monoisotopic (exact) mass is 503 g/mol. The van der Waals surface area contributed by atoms with E-state index in [1.54, 1.807) is 48.2 Å². The molecule has 1 aliphatic rings. The topological polar surface area (TPSA) is 85.3 Å². The summed E-state index contributed by atoms with van der Waals surface area (Å²) in [4.78, 5) is 25.9. The van der Waals surface area contributed by atoms with Crippen molar-refractivity contribution in [2.24, 2.45) is 5.92 Å².